The minimum Gasteiger partial charge on any atom is -0.463 e. The van der Waals surface area contributed by atoms with Crippen LogP contribution in [-0.2, 0) is 0 Å². The van der Waals surface area contributed by atoms with Crippen LogP contribution in [0.2, 0.25) is 0 Å². The smallest absolute Gasteiger partial charge is 0.152 e. The van der Waals surface area contributed by atoms with Crippen LogP contribution in [0.25, 0.3) is 32.3 Å². The van der Waals surface area contributed by atoms with E-state index >= 15 is 0 Å². The second kappa shape index (κ2) is 8.67. The van der Waals surface area contributed by atoms with E-state index in [0.29, 0.717) is 0 Å². The van der Waals surface area contributed by atoms with Crippen molar-refractivity contribution in [3.63, 3.8) is 0 Å². The zero-order valence-electron chi connectivity index (χ0n) is 16.2. The molecule has 29 heavy (non-hydrogen) atoms. The van der Waals surface area contributed by atoms with Crippen LogP contribution in [0.4, 0.5) is 0 Å². The molecule has 6 rings (SSSR count). The summed E-state index contributed by atoms with van der Waals surface area (Å²) in [6.45, 7) is 4.13. The number of hydrogen-bond donors (Lipinski definition) is 1. The average Bonchev–Trinajstić information content (AvgIpc) is 3.44. The number of nitrogens with one attached hydrogen (secondary N) is 1. The molecule has 0 spiro atoms. The summed E-state index contributed by atoms with van der Waals surface area (Å²) in [4.78, 5) is 17.0. The molecule has 0 unspecified atom stereocenters. The first-order chi connectivity index (χ1) is 14.2. The van der Waals surface area contributed by atoms with Gasteiger partial charge in [-0.3, -0.25) is 15.0 Å². The third-order valence-corrected chi connectivity index (χ3v) is 5.16. The van der Waals surface area contributed by atoms with E-state index in [1.165, 1.54) is 9.58 Å². The molecule has 0 saturated carbocycles. The van der Waals surface area contributed by atoms with Gasteiger partial charge in [-0.1, -0.05) is 0 Å². The van der Waals surface area contributed by atoms with Crippen molar-refractivity contribution < 1.29 is 4.42 Å². The van der Waals surface area contributed by atoms with Crippen LogP contribution in [0.3, 0.4) is 0 Å². The summed E-state index contributed by atoms with van der Waals surface area (Å²) >= 11 is 1.79. The van der Waals surface area contributed by atoms with E-state index in [9.17, 15) is 0 Å². The molecule has 0 bridgehead atoms. The number of hydrogen-bond acceptors (Lipinski definition) is 5. The molecule has 0 aliphatic carbocycles. The van der Waals surface area contributed by atoms with Crippen LogP contribution in [0, 0.1) is 13.8 Å². The fourth-order valence-electron chi connectivity index (χ4n) is 2.88. The molecule has 0 amide bonds. The lowest BCUT2D eigenvalue weighted by Crippen LogP contribution is -1.69. The Morgan fingerprint density at radius 1 is 0.793 bits per heavy atom. The maximum Gasteiger partial charge on any atom is 0.152 e. The molecule has 0 atom stereocenters. The predicted molar refractivity (Wildman–Crippen MR) is 119 cm³/mol. The molecule has 0 radical (unpaired) electrons. The number of aromatic amines is 1. The number of pyridine rings is 3. The highest BCUT2D eigenvalue weighted by atomic mass is 32.1. The molecule has 144 valence electrons. The number of fused-ring (bicyclic) bond motifs is 3. The van der Waals surface area contributed by atoms with Crippen molar-refractivity contribution in [2.75, 3.05) is 0 Å². The highest BCUT2D eigenvalue weighted by molar-refractivity contribution is 7.18. The molecule has 6 heteroatoms. The van der Waals surface area contributed by atoms with Crippen LogP contribution >= 0.6 is 11.3 Å². The summed E-state index contributed by atoms with van der Waals surface area (Å²) < 4.78 is 6.33. The standard InChI is InChI=1S/C8H8N2.C8H7NS.C7H5NO/c1-6-5-8-7(10-6)3-2-4-9-8;1-6-5-7-8(10-6)3-2-4-9-7;1-2-7-6(8-4-1)3-5-9-7/h2-5,10H,1H3;2-5H,1H3;1-5H. The minimum absolute atomic E-state index is 0.845. The molecule has 6 aromatic heterocycles. The SMILES string of the molecule is Cc1cc2ncccc2[nH]1.Cc1cc2ncccc2s1.c1cnc2ccoc2c1. The van der Waals surface area contributed by atoms with Crippen molar-refractivity contribution in [2.45, 2.75) is 13.8 Å². The van der Waals surface area contributed by atoms with Crippen molar-refractivity contribution in [2.24, 2.45) is 0 Å². The molecule has 5 nitrogen and oxygen atoms in total. The number of H-pyrrole nitrogens is 1. The largest absolute Gasteiger partial charge is 0.463 e. The molecule has 0 aliphatic heterocycles. The summed E-state index contributed by atoms with van der Waals surface area (Å²) in [7, 11) is 0. The van der Waals surface area contributed by atoms with Gasteiger partial charge >= 0.3 is 0 Å². The van der Waals surface area contributed by atoms with E-state index < -0.39 is 0 Å². The quantitative estimate of drug-likeness (QED) is 0.325. The van der Waals surface area contributed by atoms with E-state index in [0.717, 1.165) is 33.3 Å². The fourth-order valence-corrected chi connectivity index (χ4v) is 3.76. The van der Waals surface area contributed by atoms with Gasteiger partial charge in [-0.15, -0.1) is 11.3 Å². The Kier molecular flexibility index (Phi) is 5.63. The third-order valence-electron chi connectivity index (χ3n) is 4.15. The molecule has 0 fully saturated rings. The zero-order chi connectivity index (χ0) is 20.1. The maximum atomic E-state index is 5.06. The van der Waals surface area contributed by atoms with Gasteiger partial charge in [-0.25, -0.2) is 0 Å². The summed E-state index contributed by atoms with van der Waals surface area (Å²) in [5.74, 6) is 0. The van der Waals surface area contributed by atoms with Crippen molar-refractivity contribution in [1.82, 2.24) is 19.9 Å². The van der Waals surface area contributed by atoms with Crippen LogP contribution in [0.1, 0.15) is 10.6 Å². The Labute approximate surface area is 172 Å². The molecular formula is C23H20N4OS. The van der Waals surface area contributed by atoms with Crippen molar-refractivity contribution in [3.8, 4) is 0 Å². The summed E-state index contributed by atoms with van der Waals surface area (Å²) in [5.41, 5.74) is 6.19. The Bertz CT molecular complexity index is 1180. The highest BCUT2D eigenvalue weighted by Crippen LogP contribution is 2.21. The monoisotopic (exact) mass is 400 g/mol. The number of nitrogens with zero attached hydrogens (tertiary/aromatic N) is 3. The lowest BCUT2D eigenvalue weighted by Gasteiger charge is -1.83. The Morgan fingerprint density at radius 2 is 1.52 bits per heavy atom. The highest BCUT2D eigenvalue weighted by Gasteiger charge is 1.95. The fraction of sp³-hybridized carbons (Fsp3) is 0.0870. The Morgan fingerprint density at radius 3 is 2.28 bits per heavy atom. The van der Waals surface area contributed by atoms with Crippen LogP contribution in [0.5, 0.6) is 0 Å². The van der Waals surface area contributed by atoms with E-state index in [2.05, 4.69) is 39.0 Å². The van der Waals surface area contributed by atoms with E-state index in [-0.39, 0.29) is 0 Å². The maximum absolute atomic E-state index is 5.06. The van der Waals surface area contributed by atoms with Gasteiger partial charge in [-0.2, -0.15) is 0 Å². The average molecular weight is 401 g/mol. The van der Waals surface area contributed by atoms with E-state index in [1.807, 2.05) is 55.6 Å². The summed E-state index contributed by atoms with van der Waals surface area (Å²) in [5, 5.41) is 0. The third kappa shape index (κ3) is 4.67. The van der Waals surface area contributed by atoms with Crippen molar-refractivity contribution in [1.29, 1.82) is 0 Å². The molecule has 0 saturated heterocycles. The molecular weight excluding hydrogens is 380 g/mol. The van der Waals surface area contributed by atoms with Gasteiger partial charge in [0.2, 0.25) is 0 Å². The number of furan rings is 1. The number of rotatable bonds is 0. The molecule has 1 N–H and O–H groups in total. The number of thiophene rings is 1. The van der Waals surface area contributed by atoms with Crippen molar-refractivity contribution >= 4 is 43.7 Å². The van der Waals surface area contributed by atoms with Gasteiger partial charge in [-0.05, 0) is 62.4 Å². The first kappa shape index (κ1) is 18.8. The van der Waals surface area contributed by atoms with Gasteiger partial charge in [0.25, 0.3) is 0 Å². The van der Waals surface area contributed by atoms with Crippen molar-refractivity contribution in [3.05, 3.63) is 90.0 Å². The van der Waals surface area contributed by atoms with Crippen LogP contribution in [0.15, 0.2) is 83.9 Å². The first-order valence-corrected chi connectivity index (χ1v) is 10.0. The molecule has 6 heterocycles. The second-order valence-corrected chi connectivity index (χ2v) is 7.73. The second-order valence-electron chi connectivity index (χ2n) is 6.44. The number of aromatic nitrogens is 4. The number of aryl methyl sites for hydroxylation is 2. The Balaban J connectivity index is 0.000000106. The Hall–Kier alpha value is -3.51. The predicted octanol–water partition coefficient (Wildman–Crippen LogP) is 6.30. The zero-order valence-corrected chi connectivity index (χ0v) is 17.0. The summed E-state index contributed by atoms with van der Waals surface area (Å²) in [6, 6.07) is 17.8. The minimum atomic E-state index is 0.845. The lowest BCUT2D eigenvalue weighted by atomic mass is 10.4. The van der Waals surface area contributed by atoms with Gasteiger partial charge in [0, 0.05) is 35.2 Å². The molecule has 0 aromatic carbocycles. The summed E-state index contributed by atoms with van der Waals surface area (Å²) in [6.07, 6.45) is 7.01. The molecule has 6 aromatic rings. The molecule has 0 aliphatic rings. The topological polar surface area (TPSA) is 67.6 Å². The normalized spacial score (nSPS) is 10.4. The first-order valence-electron chi connectivity index (χ1n) is 9.19. The van der Waals surface area contributed by atoms with Crippen LogP contribution < -0.4 is 0 Å². The van der Waals surface area contributed by atoms with E-state index in [1.54, 1.807) is 30.0 Å². The lowest BCUT2D eigenvalue weighted by molar-refractivity contribution is 0.615. The van der Waals surface area contributed by atoms with Gasteiger partial charge in [0.15, 0.2) is 5.58 Å². The van der Waals surface area contributed by atoms with Gasteiger partial charge in [0.05, 0.1) is 27.5 Å². The van der Waals surface area contributed by atoms with E-state index in [4.69, 9.17) is 4.42 Å². The van der Waals surface area contributed by atoms with Gasteiger partial charge < -0.3 is 9.40 Å². The van der Waals surface area contributed by atoms with Crippen LogP contribution in [-0.4, -0.2) is 19.9 Å². The van der Waals surface area contributed by atoms with Gasteiger partial charge in [0.1, 0.15) is 5.52 Å².